The molecule has 0 bridgehead atoms. The van der Waals surface area contributed by atoms with E-state index in [2.05, 4.69) is 50.4 Å². The van der Waals surface area contributed by atoms with E-state index in [-0.39, 0.29) is 35.9 Å². The van der Waals surface area contributed by atoms with Crippen molar-refractivity contribution in [2.45, 2.75) is 6.04 Å². The zero-order valence-electron chi connectivity index (χ0n) is 19.2. The Kier molecular flexibility index (Phi) is 10.5. The van der Waals surface area contributed by atoms with Crippen molar-refractivity contribution in [3.63, 3.8) is 0 Å². The highest BCUT2D eigenvalue weighted by Crippen LogP contribution is 2.16. The molecule has 1 aromatic heterocycles. The second-order valence-electron chi connectivity index (χ2n) is 8.11. The number of rotatable bonds is 6. The van der Waals surface area contributed by atoms with Crippen molar-refractivity contribution in [3.8, 4) is 0 Å². The highest BCUT2D eigenvalue weighted by Gasteiger charge is 2.25. The molecule has 2 saturated heterocycles. The van der Waals surface area contributed by atoms with Gasteiger partial charge in [0.2, 0.25) is 5.91 Å². The fraction of sp³-hybridized carbons (Fsp3) is 0.750. The second-order valence-corrected chi connectivity index (χ2v) is 8.11. The largest absolute Gasteiger partial charge is 0.378 e. The van der Waals surface area contributed by atoms with Crippen LogP contribution in [0.2, 0.25) is 0 Å². The predicted octanol–water partition coefficient (Wildman–Crippen LogP) is -0.307. The first-order valence-electron chi connectivity index (χ1n) is 10.7. The Labute approximate surface area is 202 Å². The average molecular weight is 548 g/mol. The number of hydrogen-bond acceptors (Lipinski definition) is 6. The molecule has 31 heavy (non-hydrogen) atoms. The van der Waals surface area contributed by atoms with Crippen LogP contribution in [0.15, 0.2) is 17.4 Å². The van der Waals surface area contributed by atoms with Gasteiger partial charge < -0.3 is 24.8 Å². The lowest BCUT2D eigenvalue weighted by molar-refractivity contribution is -0.136. The summed E-state index contributed by atoms with van der Waals surface area (Å²) in [6.45, 7) is 7.38. The van der Waals surface area contributed by atoms with Gasteiger partial charge in [0.15, 0.2) is 5.96 Å². The van der Waals surface area contributed by atoms with Gasteiger partial charge in [-0.25, -0.2) is 0 Å². The summed E-state index contributed by atoms with van der Waals surface area (Å²) in [6.07, 6.45) is 3.97. The van der Waals surface area contributed by atoms with Crippen LogP contribution in [0.1, 0.15) is 11.6 Å². The SMILES string of the molecule is CN=C(NCC(c1cnn(C)c1)N(C)C)N1CCN(CC(=O)N2CCOCC2)CC1.I. The topological polar surface area (TPSA) is 81.5 Å². The molecule has 3 rings (SSSR count). The Hall–Kier alpha value is -1.44. The number of nitrogens with one attached hydrogen (secondary N) is 1. The lowest BCUT2D eigenvalue weighted by atomic mass is 10.1. The normalized spacial score (nSPS) is 19.3. The smallest absolute Gasteiger partial charge is 0.236 e. The van der Waals surface area contributed by atoms with Crippen LogP contribution in [-0.4, -0.2) is 128 Å². The summed E-state index contributed by atoms with van der Waals surface area (Å²) < 4.78 is 7.17. The van der Waals surface area contributed by atoms with Crippen molar-refractivity contribution in [1.82, 2.24) is 34.7 Å². The maximum Gasteiger partial charge on any atom is 0.236 e. The first-order chi connectivity index (χ1) is 14.5. The van der Waals surface area contributed by atoms with Crippen LogP contribution in [0.5, 0.6) is 0 Å². The Morgan fingerprint density at radius 1 is 1.19 bits per heavy atom. The van der Waals surface area contributed by atoms with Crippen molar-refractivity contribution >= 4 is 35.8 Å². The summed E-state index contributed by atoms with van der Waals surface area (Å²) in [6, 6.07) is 0.211. The minimum atomic E-state index is 0. The number of guanidine groups is 1. The minimum absolute atomic E-state index is 0. The number of aliphatic imine (C=N–C) groups is 1. The summed E-state index contributed by atoms with van der Waals surface area (Å²) in [4.78, 5) is 25.6. The maximum atomic E-state index is 12.5. The molecule has 1 N–H and O–H groups in total. The molecular weight excluding hydrogens is 511 g/mol. The number of hydrogen-bond donors (Lipinski definition) is 1. The number of carbonyl (C=O) groups is 1. The monoisotopic (exact) mass is 548 g/mol. The van der Waals surface area contributed by atoms with Gasteiger partial charge in [-0.3, -0.25) is 19.4 Å². The molecule has 1 atom stereocenters. The third kappa shape index (κ3) is 7.29. The van der Waals surface area contributed by atoms with Gasteiger partial charge in [-0.15, -0.1) is 24.0 Å². The van der Waals surface area contributed by atoms with Crippen molar-refractivity contribution < 1.29 is 9.53 Å². The minimum Gasteiger partial charge on any atom is -0.378 e. The molecule has 0 radical (unpaired) electrons. The Bertz CT molecular complexity index is 712. The molecule has 3 heterocycles. The quantitative estimate of drug-likeness (QED) is 0.297. The van der Waals surface area contributed by atoms with Crippen LogP contribution in [0.25, 0.3) is 0 Å². The van der Waals surface area contributed by atoms with Crippen LogP contribution in [0.3, 0.4) is 0 Å². The average Bonchev–Trinajstić information content (AvgIpc) is 3.18. The first-order valence-corrected chi connectivity index (χ1v) is 10.7. The number of amides is 1. The molecule has 1 aromatic rings. The fourth-order valence-corrected chi connectivity index (χ4v) is 3.95. The van der Waals surface area contributed by atoms with E-state index in [1.165, 1.54) is 5.56 Å². The van der Waals surface area contributed by atoms with Crippen LogP contribution < -0.4 is 5.32 Å². The number of piperazine rings is 1. The fourth-order valence-electron chi connectivity index (χ4n) is 3.95. The van der Waals surface area contributed by atoms with E-state index < -0.39 is 0 Å². The number of ether oxygens (including phenoxy) is 1. The number of halogens is 1. The maximum absolute atomic E-state index is 12.5. The van der Waals surface area contributed by atoms with Gasteiger partial charge in [-0.2, -0.15) is 5.10 Å². The number of aromatic nitrogens is 2. The molecule has 0 aromatic carbocycles. The van der Waals surface area contributed by atoms with Gasteiger partial charge >= 0.3 is 0 Å². The highest BCUT2D eigenvalue weighted by atomic mass is 127. The van der Waals surface area contributed by atoms with E-state index in [1.54, 1.807) is 0 Å². The zero-order chi connectivity index (χ0) is 21.5. The first kappa shape index (κ1) is 25.8. The second kappa shape index (κ2) is 12.6. The molecule has 0 aliphatic carbocycles. The van der Waals surface area contributed by atoms with Gasteiger partial charge in [0.25, 0.3) is 0 Å². The molecule has 0 saturated carbocycles. The van der Waals surface area contributed by atoms with Crippen LogP contribution in [0.4, 0.5) is 0 Å². The molecule has 1 unspecified atom stereocenters. The molecule has 1 amide bonds. The van der Waals surface area contributed by atoms with Crippen molar-refractivity contribution in [3.05, 3.63) is 18.0 Å². The number of morpholine rings is 1. The zero-order valence-corrected chi connectivity index (χ0v) is 21.5. The molecule has 2 aliphatic rings. The lowest BCUT2D eigenvalue weighted by Crippen LogP contribution is -2.55. The lowest BCUT2D eigenvalue weighted by Gasteiger charge is -2.37. The molecule has 2 aliphatic heterocycles. The number of carbonyl (C=O) groups excluding carboxylic acids is 1. The van der Waals surface area contributed by atoms with Crippen LogP contribution in [-0.2, 0) is 16.6 Å². The van der Waals surface area contributed by atoms with E-state index in [1.807, 2.05) is 29.9 Å². The molecule has 11 heteroatoms. The summed E-state index contributed by atoms with van der Waals surface area (Å²) in [5.74, 6) is 1.12. The van der Waals surface area contributed by atoms with E-state index in [0.717, 1.165) is 38.7 Å². The van der Waals surface area contributed by atoms with Gasteiger partial charge in [-0.05, 0) is 14.1 Å². The Morgan fingerprint density at radius 2 is 1.87 bits per heavy atom. The molecule has 176 valence electrons. The van der Waals surface area contributed by atoms with E-state index in [0.29, 0.717) is 32.8 Å². The van der Waals surface area contributed by atoms with Gasteiger partial charge in [-0.1, -0.05) is 0 Å². The Balaban J connectivity index is 0.00000341. The summed E-state index contributed by atoms with van der Waals surface area (Å²) in [7, 11) is 7.91. The Morgan fingerprint density at radius 3 is 2.42 bits per heavy atom. The molecule has 0 spiro atoms. The number of nitrogens with zero attached hydrogens (tertiary/aromatic N) is 7. The number of likely N-dealkylation sites (N-methyl/N-ethyl adjacent to an activating group) is 1. The number of aryl methyl sites for hydroxylation is 1. The van der Waals surface area contributed by atoms with Gasteiger partial charge in [0.05, 0.1) is 32.0 Å². The highest BCUT2D eigenvalue weighted by molar-refractivity contribution is 14.0. The predicted molar refractivity (Wildman–Crippen MR) is 132 cm³/mol. The standard InChI is InChI=1S/C20H36N8O2.HI/c1-21-20(22-14-18(24(2)3)17-13-23-25(4)15-17)28-7-5-26(6-8-28)16-19(29)27-9-11-30-12-10-27;/h13,15,18H,5-12,14,16H2,1-4H3,(H,21,22);1H. The third-order valence-corrected chi connectivity index (χ3v) is 5.79. The summed E-state index contributed by atoms with van der Waals surface area (Å²) >= 11 is 0. The van der Waals surface area contributed by atoms with E-state index in [4.69, 9.17) is 4.74 Å². The van der Waals surface area contributed by atoms with Crippen LogP contribution in [0, 0.1) is 0 Å². The van der Waals surface area contributed by atoms with Gasteiger partial charge in [0, 0.05) is 71.7 Å². The third-order valence-electron chi connectivity index (χ3n) is 5.79. The van der Waals surface area contributed by atoms with Crippen molar-refractivity contribution in [1.29, 1.82) is 0 Å². The van der Waals surface area contributed by atoms with Crippen molar-refractivity contribution in [2.75, 3.05) is 86.7 Å². The van der Waals surface area contributed by atoms with E-state index in [9.17, 15) is 4.79 Å². The molecule has 10 nitrogen and oxygen atoms in total. The molecular formula is C20H37IN8O2. The summed E-state index contributed by atoms with van der Waals surface area (Å²) in [5.41, 5.74) is 1.18. The van der Waals surface area contributed by atoms with Gasteiger partial charge in [0.1, 0.15) is 0 Å². The summed E-state index contributed by atoms with van der Waals surface area (Å²) in [5, 5.41) is 7.83. The van der Waals surface area contributed by atoms with E-state index >= 15 is 0 Å². The van der Waals surface area contributed by atoms with Crippen molar-refractivity contribution in [2.24, 2.45) is 12.0 Å². The molecule has 2 fully saturated rings. The van der Waals surface area contributed by atoms with Crippen LogP contribution >= 0.6 is 24.0 Å².